The summed E-state index contributed by atoms with van der Waals surface area (Å²) in [7, 11) is 0. The molecule has 2 heterocycles. The van der Waals surface area contributed by atoms with Gasteiger partial charge in [-0.3, -0.25) is 14.6 Å². The molecule has 0 spiro atoms. The van der Waals surface area contributed by atoms with Crippen LogP contribution in [0.15, 0.2) is 34.9 Å². The van der Waals surface area contributed by atoms with E-state index in [0.29, 0.717) is 18.1 Å². The van der Waals surface area contributed by atoms with Crippen molar-refractivity contribution in [2.45, 2.75) is 26.8 Å². The summed E-state index contributed by atoms with van der Waals surface area (Å²) >= 11 is 0. The summed E-state index contributed by atoms with van der Waals surface area (Å²) in [6.45, 7) is 4.23. The number of rotatable bonds is 6. The fourth-order valence-electron chi connectivity index (χ4n) is 2.02. The molecule has 0 saturated carbocycles. The van der Waals surface area contributed by atoms with E-state index in [-0.39, 0.29) is 24.8 Å². The molecule has 0 bridgehead atoms. The third kappa shape index (κ3) is 4.44. The number of aryl methyl sites for hydroxylation is 2. The van der Waals surface area contributed by atoms with Crippen molar-refractivity contribution in [3.05, 3.63) is 53.2 Å². The van der Waals surface area contributed by atoms with Crippen LogP contribution in [0.3, 0.4) is 0 Å². The fraction of sp³-hybridized carbons (Fsp3) is 0.312. The van der Waals surface area contributed by atoms with Gasteiger partial charge in [0.25, 0.3) is 5.91 Å². The molecule has 116 valence electrons. The van der Waals surface area contributed by atoms with Crippen LogP contribution in [0.1, 0.15) is 34.0 Å². The lowest BCUT2D eigenvalue weighted by molar-refractivity contribution is -0.121. The Hall–Kier alpha value is -2.63. The Bertz CT molecular complexity index is 650. The zero-order valence-corrected chi connectivity index (χ0v) is 12.7. The summed E-state index contributed by atoms with van der Waals surface area (Å²) in [4.78, 5) is 27.7. The molecular weight excluding hydrogens is 282 g/mol. The summed E-state index contributed by atoms with van der Waals surface area (Å²) in [6, 6.07) is 7.32. The zero-order valence-electron chi connectivity index (χ0n) is 12.7. The quantitative estimate of drug-likeness (QED) is 0.851. The second-order valence-corrected chi connectivity index (χ2v) is 4.97. The van der Waals surface area contributed by atoms with Crippen LogP contribution in [-0.4, -0.2) is 23.3 Å². The van der Waals surface area contributed by atoms with Crippen LogP contribution in [0.4, 0.5) is 0 Å². The zero-order chi connectivity index (χ0) is 15.9. The Labute approximate surface area is 128 Å². The van der Waals surface area contributed by atoms with Crippen molar-refractivity contribution in [3.63, 3.8) is 0 Å². The summed E-state index contributed by atoms with van der Waals surface area (Å²) in [6.07, 6.45) is 1.88. The van der Waals surface area contributed by atoms with Gasteiger partial charge in [-0.05, 0) is 32.0 Å². The number of nitrogens with one attached hydrogen (secondary N) is 2. The monoisotopic (exact) mass is 301 g/mol. The Morgan fingerprint density at radius 3 is 2.68 bits per heavy atom. The van der Waals surface area contributed by atoms with Crippen molar-refractivity contribution in [1.29, 1.82) is 0 Å². The Morgan fingerprint density at radius 1 is 1.23 bits per heavy atom. The van der Waals surface area contributed by atoms with E-state index in [0.717, 1.165) is 11.3 Å². The molecule has 2 aromatic heterocycles. The molecule has 0 aliphatic carbocycles. The van der Waals surface area contributed by atoms with Gasteiger partial charge < -0.3 is 15.1 Å². The summed E-state index contributed by atoms with van der Waals surface area (Å²) in [5.41, 5.74) is 1.58. The van der Waals surface area contributed by atoms with Gasteiger partial charge in [0, 0.05) is 24.7 Å². The van der Waals surface area contributed by atoms with Crippen molar-refractivity contribution in [1.82, 2.24) is 15.6 Å². The predicted octanol–water partition coefficient (Wildman–Crippen LogP) is 1.73. The Balaban J connectivity index is 1.71. The van der Waals surface area contributed by atoms with E-state index in [9.17, 15) is 9.59 Å². The van der Waals surface area contributed by atoms with Crippen molar-refractivity contribution < 1.29 is 14.0 Å². The first-order valence-corrected chi connectivity index (χ1v) is 7.08. The molecule has 0 aliphatic rings. The van der Waals surface area contributed by atoms with Gasteiger partial charge in [-0.2, -0.15) is 0 Å². The standard InChI is InChI=1S/C16H19N3O3/c1-11-9-12(2)22-15(11)16(21)18-8-6-14(20)19-10-13-5-3-4-7-17-13/h3-5,7,9H,6,8,10H2,1-2H3,(H,18,21)(H,19,20). The van der Waals surface area contributed by atoms with E-state index in [1.165, 1.54) is 0 Å². The number of carbonyl (C=O) groups is 2. The van der Waals surface area contributed by atoms with Crippen LogP contribution < -0.4 is 10.6 Å². The Kier molecular flexibility index (Phi) is 5.30. The van der Waals surface area contributed by atoms with Gasteiger partial charge in [0.15, 0.2) is 5.76 Å². The molecule has 0 fully saturated rings. The van der Waals surface area contributed by atoms with Crippen LogP contribution in [0, 0.1) is 13.8 Å². The Morgan fingerprint density at radius 2 is 2.05 bits per heavy atom. The highest BCUT2D eigenvalue weighted by atomic mass is 16.3. The first kappa shape index (κ1) is 15.8. The normalized spacial score (nSPS) is 10.3. The van der Waals surface area contributed by atoms with Gasteiger partial charge in [0.2, 0.25) is 5.91 Å². The maximum absolute atomic E-state index is 11.9. The van der Waals surface area contributed by atoms with Gasteiger partial charge >= 0.3 is 0 Å². The first-order chi connectivity index (χ1) is 10.6. The molecule has 22 heavy (non-hydrogen) atoms. The topological polar surface area (TPSA) is 84.2 Å². The van der Waals surface area contributed by atoms with Crippen LogP contribution in [0.2, 0.25) is 0 Å². The summed E-state index contributed by atoms with van der Waals surface area (Å²) in [5.74, 6) is 0.545. The van der Waals surface area contributed by atoms with Crippen LogP contribution in [0.25, 0.3) is 0 Å². The van der Waals surface area contributed by atoms with Crippen LogP contribution in [0.5, 0.6) is 0 Å². The number of amides is 2. The van der Waals surface area contributed by atoms with Crippen LogP contribution in [-0.2, 0) is 11.3 Å². The largest absolute Gasteiger partial charge is 0.456 e. The highest BCUT2D eigenvalue weighted by Crippen LogP contribution is 2.13. The van der Waals surface area contributed by atoms with Gasteiger partial charge in [0.1, 0.15) is 5.76 Å². The minimum Gasteiger partial charge on any atom is -0.456 e. The van der Waals surface area contributed by atoms with Gasteiger partial charge in [0.05, 0.1) is 12.2 Å². The smallest absolute Gasteiger partial charge is 0.287 e. The third-order valence-corrected chi connectivity index (χ3v) is 3.08. The molecule has 2 rings (SSSR count). The number of carbonyl (C=O) groups excluding carboxylic acids is 2. The van der Waals surface area contributed by atoms with E-state index in [4.69, 9.17) is 4.42 Å². The molecule has 0 saturated heterocycles. The van der Waals surface area contributed by atoms with E-state index in [1.807, 2.05) is 25.1 Å². The molecule has 0 unspecified atom stereocenters. The number of hydrogen-bond donors (Lipinski definition) is 2. The number of nitrogens with zero attached hydrogens (tertiary/aromatic N) is 1. The second kappa shape index (κ2) is 7.40. The molecule has 2 N–H and O–H groups in total. The number of furan rings is 1. The minimum atomic E-state index is -0.303. The SMILES string of the molecule is Cc1cc(C)c(C(=O)NCCC(=O)NCc2ccccn2)o1. The van der Waals surface area contributed by atoms with Gasteiger partial charge in [-0.15, -0.1) is 0 Å². The molecule has 0 aliphatic heterocycles. The third-order valence-electron chi connectivity index (χ3n) is 3.08. The first-order valence-electron chi connectivity index (χ1n) is 7.08. The van der Waals surface area contributed by atoms with Crippen LogP contribution >= 0.6 is 0 Å². The molecular formula is C16H19N3O3. The van der Waals surface area contributed by atoms with Gasteiger partial charge in [-0.1, -0.05) is 6.07 Å². The molecule has 6 heteroatoms. The van der Waals surface area contributed by atoms with E-state index in [2.05, 4.69) is 15.6 Å². The van der Waals surface area contributed by atoms with Crippen molar-refractivity contribution in [2.75, 3.05) is 6.54 Å². The van der Waals surface area contributed by atoms with E-state index < -0.39 is 0 Å². The predicted molar refractivity (Wildman–Crippen MR) is 81.2 cm³/mol. The maximum atomic E-state index is 11.9. The fourth-order valence-corrected chi connectivity index (χ4v) is 2.02. The number of hydrogen-bond acceptors (Lipinski definition) is 4. The average molecular weight is 301 g/mol. The van der Waals surface area contributed by atoms with E-state index in [1.54, 1.807) is 19.2 Å². The lowest BCUT2D eigenvalue weighted by Crippen LogP contribution is -2.30. The maximum Gasteiger partial charge on any atom is 0.287 e. The highest BCUT2D eigenvalue weighted by Gasteiger charge is 2.14. The highest BCUT2D eigenvalue weighted by molar-refractivity contribution is 5.93. The average Bonchev–Trinajstić information content (AvgIpc) is 2.85. The summed E-state index contributed by atoms with van der Waals surface area (Å²) in [5, 5.41) is 5.42. The number of pyridine rings is 1. The van der Waals surface area contributed by atoms with E-state index >= 15 is 0 Å². The molecule has 6 nitrogen and oxygen atoms in total. The van der Waals surface area contributed by atoms with Gasteiger partial charge in [-0.25, -0.2) is 0 Å². The minimum absolute atomic E-state index is 0.140. The van der Waals surface area contributed by atoms with Crippen molar-refractivity contribution in [2.24, 2.45) is 0 Å². The molecule has 2 aromatic rings. The second-order valence-electron chi connectivity index (χ2n) is 4.97. The number of aromatic nitrogens is 1. The molecule has 2 amide bonds. The molecule has 0 atom stereocenters. The van der Waals surface area contributed by atoms with Crippen molar-refractivity contribution in [3.8, 4) is 0 Å². The molecule has 0 radical (unpaired) electrons. The summed E-state index contributed by atoms with van der Waals surface area (Å²) < 4.78 is 5.32. The van der Waals surface area contributed by atoms with Crippen molar-refractivity contribution >= 4 is 11.8 Å². The lowest BCUT2D eigenvalue weighted by atomic mass is 10.2. The molecule has 0 aromatic carbocycles. The lowest BCUT2D eigenvalue weighted by Gasteiger charge is -2.06.